The van der Waals surface area contributed by atoms with Gasteiger partial charge in [-0.15, -0.1) is 0 Å². The second kappa shape index (κ2) is 7.58. The first kappa shape index (κ1) is 17.2. The summed E-state index contributed by atoms with van der Waals surface area (Å²) < 4.78 is 0. The third-order valence-electron chi connectivity index (χ3n) is 4.82. The van der Waals surface area contributed by atoms with Gasteiger partial charge in [-0.25, -0.2) is 9.97 Å². The molecule has 5 nitrogen and oxygen atoms in total. The first-order chi connectivity index (χ1) is 13.2. The number of rotatable bonds is 4. The van der Waals surface area contributed by atoms with Crippen molar-refractivity contribution in [2.75, 3.05) is 11.4 Å². The van der Waals surface area contributed by atoms with E-state index in [4.69, 9.17) is 0 Å². The summed E-state index contributed by atoms with van der Waals surface area (Å²) in [6.07, 6.45) is 2.62. The Hall–Kier alpha value is -3.21. The summed E-state index contributed by atoms with van der Waals surface area (Å²) in [5.74, 6) is 0.422. The van der Waals surface area contributed by atoms with Crippen LogP contribution in [0.15, 0.2) is 60.8 Å². The minimum atomic E-state index is -0.183. The predicted octanol–water partition coefficient (Wildman–Crippen LogP) is 3.28. The Morgan fingerprint density at radius 2 is 1.96 bits per heavy atom. The first-order valence-electron chi connectivity index (χ1n) is 9.17. The second-order valence-corrected chi connectivity index (χ2v) is 6.85. The van der Waals surface area contributed by atoms with E-state index in [2.05, 4.69) is 50.5 Å². The molecule has 0 spiro atoms. The number of nitrogens with zero attached hydrogens (tertiary/aromatic N) is 3. The van der Waals surface area contributed by atoms with E-state index in [0.717, 1.165) is 25.1 Å². The average molecular weight is 358 g/mol. The Labute approximate surface area is 159 Å². The highest BCUT2D eigenvalue weighted by Gasteiger charge is 2.19. The van der Waals surface area contributed by atoms with E-state index in [1.54, 1.807) is 12.3 Å². The molecule has 27 heavy (non-hydrogen) atoms. The van der Waals surface area contributed by atoms with Crippen LogP contribution in [0.2, 0.25) is 0 Å². The van der Waals surface area contributed by atoms with E-state index in [9.17, 15) is 4.79 Å². The highest BCUT2D eigenvalue weighted by Crippen LogP contribution is 2.21. The van der Waals surface area contributed by atoms with E-state index in [0.29, 0.717) is 18.2 Å². The van der Waals surface area contributed by atoms with Gasteiger partial charge in [-0.05, 0) is 36.1 Å². The fourth-order valence-electron chi connectivity index (χ4n) is 3.39. The van der Waals surface area contributed by atoms with Gasteiger partial charge in [0.05, 0.1) is 0 Å². The Morgan fingerprint density at radius 3 is 2.81 bits per heavy atom. The Bertz CT molecular complexity index is 970. The number of nitrogens with one attached hydrogen (secondary N) is 1. The number of carbonyl (C=O) groups excluding carboxylic acids is 1. The minimum Gasteiger partial charge on any atom is -0.347 e. The molecule has 1 amide bonds. The topological polar surface area (TPSA) is 58.1 Å². The van der Waals surface area contributed by atoms with Crippen LogP contribution >= 0.6 is 0 Å². The molecule has 0 unspecified atom stereocenters. The number of carbonyl (C=O) groups is 1. The standard InChI is InChI=1S/C22H22N4O/c1-16-5-4-6-17(13-16)14-24-21(27)20-9-11-23-22(25-20)26-12-10-18-7-2-3-8-19(18)15-26/h2-9,11,13H,10,12,14-15H2,1H3,(H,24,27). The summed E-state index contributed by atoms with van der Waals surface area (Å²) in [4.78, 5) is 23.5. The SMILES string of the molecule is Cc1cccc(CNC(=O)c2ccnc(N3CCc4ccccc4C3)n2)c1. The molecular formula is C22H22N4O. The van der Waals surface area contributed by atoms with Crippen LogP contribution in [0, 0.1) is 6.92 Å². The summed E-state index contributed by atoms with van der Waals surface area (Å²) in [6, 6.07) is 18.2. The number of benzene rings is 2. The maximum atomic E-state index is 12.5. The van der Waals surface area contributed by atoms with Crippen molar-refractivity contribution in [3.8, 4) is 0 Å². The van der Waals surface area contributed by atoms with Gasteiger partial charge in [0.25, 0.3) is 5.91 Å². The molecule has 1 aliphatic rings. The largest absolute Gasteiger partial charge is 0.347 e. The lowest BCUT2D eigenvalue weighted by Crippen LogP contribution is -2.32. The Kier molecular flexibility index (Phi) is 4.83. The summed E-state index contributed by atoms with van der Waals surface area (Å²) in [5.41, 5.74) is 5.32. The summed E-state index contributed by atoms with van der Waals surface area (Å²) in [5, 5.41) is 2.94. The molecule has 1 aromatic heterocycles. The molecule has 0 fully saturated rings. The molecular weight excluding hydrogens is 336 g/mol. The molecule has 1 N–H and O–H groups in total. The van der Waals surface area contributed by atoms with Gasteiger partial charge in [0, 0.05) is 25.8 Å². The van der Waals surface area contributed by atoms with Crippen molar-refractivity contribution in [1.82, 2.24) is 15.3 Å². The molecule has 0 aliphatic carbocycles. The maximum absolute atomic E-state index is 12.5. The molecule has 1 aliphatic heterocycles. The zero-order valence-electron chi connectivity index (χ0n) is 15.4. The summed E-state index contributed by atoms with van der Waals surface area (Å²) in [6.45, 7) is 4.14. The summed E-state index contributed by atoms with van der Waals surface area (Å²) >= 11 is 0. The molecule has 2 heterocycles. The van der Waals surface area contributed by atoms with Crippen LogP contribution in [0.3, 0.4) is 0 Å². The number of aryl methyl sites for hydroxylation is 1. The van der Waals surface area contributed by atoms with Crippen molar-refractivity contribution in [1.29, 1.82) is 0 Å². The van der Waals surface area contributed by atoms with Crippen molar-refractivity contribution in [2.24, 2.45) is 0 Å². The smallest absolute Gasteiger partial charge is 0.270 e. The number of aromatic nitrogens is 2. The molecule has 0 saturated carbocycles. The normalized spacial score (nSPS) is 13.1. The van der Waals surface area contributed by atoms with Gasteiger partial charge >= 0.3 is 0 Å². The number of hydrogen-bond donors (Lipinski definition) is 1. The van der Waals surface area contributed by atoms with Crippen LogP contribution in [0.5, 0.6) is 0 Å². The third-order valence-corrected chi connectivity index (χ3v) is 4.82. The Morgan fingerprint density at radius 1 is 1.11 bits per heavy atom. The van der Waals surface area contributed by atoms with Gasteiger partial charge in [0.1, 0.15) is 5.69 Å². The van der Waals surface area contributed by atoms with Crippen molar-refractivity contribution in [3.63, 3.8) is 0 Å². The van der Waals surface area contributed by atoms with Crippen molar-refractivity contribution < 1.29 is 4.79 Å². The van der Waals surface area contributed by atoms with E-state index < -0.39 is 0 Å². The van der Waals surface area contributed by atoms with Gasteiger partial charge in [-0.3, -0.25) is 4.79 Å². The molecule has 3 aromatic rings. The zero-order chi connectivity index (χ0) is 18.6. The van der Waals surface area contributed by atoms with E-state index in [1.807, 2.05) is 25.1 Å². The lowest BCUT2D eigenvalue weighted by atomic mass is 10.0. The van der Waals surface area contributed by atoms with Crippen LogP contribution in [0.1, 0.15) is 32.7 Å². The molecule has 0 atom stereocenters. The van der Waals surface area contributed by atoms with E-state index in [-0.39, 0.29) is 5.91 Å². The minimum absolute atomic E-state index is 0.183. The van der Waals surface area contributed by atoms with Gasteiger partial charge in [0.2, 0.25) is 5.95 Å². The number of amides is 1. The van der Waals surface area contributed by atoms with Crippen molar-refractivity contribution in [3.05, 3.63) is 88.7 Å². The number of anilines is 1. The highest BCUT2D eigenvalue weighted by molar-refractivity contribution is 5.92. The number of hydrogen-bond acceptors (Lipinski definition) is 4. The first-order valence-corrected chi connectivity index (χ1v) is 9.17. The number of fused-ring (bicyclic) bond motifs is 1. The van der Waals surface area contributed by atoms with Crippen molar-refractivity contribution >= 4 is 11.9 Å². The van der Waals surface area contributed by atoms with Gasteiger partial charge < -0.3 is 10.2 Å². The lowest BCUT2D eigenvalue weighted by molar-refractivity contribution is 0.0946. The quantitative estimate of drug-likeness (QED) is 0.778. The highest BCUT2D eigenvalue weighted by atomic mass is 16.1. The molecule has 5 heteroatoms. The third kappa shape index (κ3) is 3.97. The van der Waals surface area contributed by atoms with Crippen molar-refractivity contribution in [2.45, 2.75) is 26.4 Å². The van der Waals surface area contributed by atoms with Crippen LogP contribution < -0.4 is 10.2 Å². The van der Waals surface area contributed by atoms with E-state index >= 15 is 0 Å². The van der Waals surface area contributed by atoms with Gasteiger partial charge in [0.15, 0.2) is 0 Å². The van der Waals surface area contributed by atoms with Gasteiger partial charge in [-0.1, -0.05) is 54.1 Å². The molecule has 136 valence electrons. The molecule has 0 saturated heterocycles. The zero-order valence-corrected chi connectivity index (χ0v) is 15.4. The average Bonchev–Trinajstić information content (AvgIpc) is 2.72. The molecule has 4 rings (SSSR count). The molecule has 0 bridgehead atoms. The maximum Gasteiger partial charge on any atom is 0.270 e. The monoisotopic (exact) mass is 358 g/mol. The Balaban J connectivity index is 1.45. The van der Waals surface area contributed by atoms with Crippen LogP contribution in [0.25, 0.3) is 0 Å². The van der Waals surface area contributed by atoms with Crippen LogP contribution in [0.4, 0.5) is 5.95 Å². The predicted molar refractivity (Wildman–Crippen MR) is 106 cm³/mol. The lowest BCUT2D eigenvalue weighted by Gasteiger charge is -2.28. The fourth-order valence-corrected chi connectivity index (χ4v) is 3.39. The van der Waals surface area contributed by atoms with E-state index in [1.165, 1.54) is 16.7 Å². The van der Waals surface area contributed by atoms with Gasteiger partial charge in [-0.2, -0.15) is 0 Å². The molecule has 0 radical (unpaired) electrons. The second-order valence-electron chi connectivity index (χ2n) is 6.85. The molecule has 2 aromatic carbocycles. The van der Waals surface area contributed by atoms with Crippen LogP contribution in [-0.4, -0.2) is 22.4 Å². The fraction of sp³-hybridized carbons (Fsp3) is 0.227. The summed E-state index contributed by atoms with van der Waals surface area (Å²) in [7, 11) is 0. The van der Waals surface area contributed by atoms with Crippen LogP contribution in [-0.2, 0) is 19.5 Å².